The van der Waals surface area contributed by atoms with Gasteiger partial charge in [-0.1, -0.05) is 42.2 Å². The number of urea groups is 1. The van der Waals surface area contributed by atoms with Gasteiger partial charge in [0.25, 0.3) is 0 Å². The Morgan fingerprint density at radius 2 is 1.71 bits per heavy atom. The van der Waals surface area contributed by atoms with E-state index in [0.717, 1.165) is 5.56 Å². The Kier molecular flexibility index (Phi) is 5.36. The van der Waals surface area contributed by atoms with E-state index in [1.807, 2.05) is 30.3 Å². The predicted octanol–water partition coefficient (Wildman–Crippen LogP) is 2.68. The average Bonchev–Trinajstić information content (AvgIpc) is 2.52. The Morgan fingerprint density at radius 1 is 1.00 bits per heavy atom. The second-order valence-corrected chi connectivity index (χ2v) is 4.33. The van der Waals surface area contributed by atoms with Crippen molar-refractivity contribution in [1.29, 1.82) is 0 Å². The first-order valence-corrected chi connectivity index (χ1v) is 6.54. The highest BCUT2D eigenvalue weighted by Gasteiger charge is 1.97. The first kappa shape index (κ1) is 14.6. The lowest BCUT2D eigenvalue weighted by atomic mass is 10.2. The maximum absolute atomic E-state index is 12.7. The van der Waals surface area contributed by atoms with Crippen LogP contribution >= 0.6 is 0 Å². The van der Waals surface area contributed by atoms with Crippen LogP contribution in [0.25, 0.3) is 0 Å². The molecular formula is C17H15FN2O. The third-order valence-corrected chi connectivity index (χ3v) is 2.71. The number of rotatable bonds is 3. The van der Waals surface area contributed by atoms with Gasteiger partial charge in [-0.15, -0.1) is 0 Å². The van der Waals surface area contributed by atoms with Crippen molar-refractivity contribution in [3.05, 3.63) is 71.5 Å². The van der Waals surface area contributed by atoms with Crippen molar-refractivity contribution in [1.82, 2.24) is 10.6 Å². The number of benzene rings is 2. The molecule has 0 aliphatic carbocycles. The zero-order valence-electron chi connectivity index (χ0n) is 11.4. The maximum atomic E-state index is 12.7. The lowest BCUT2D eigenvalue weighted by Gasteiger charge is -2.04. The number of nitrogens with one attached hydrogen (secondary N) is 2. The van der Waals surface area contributed by atoms with Gasteiger partial charge in [-0.05, 0) is 29.8 Å². The van der Waals surface area contributed by atoms with Gasteiger partial charge >= 0.3 is 6.03 Å². The number of amides is 2. The van der Waals surface area contributed by atoms with Crippen molar-refractivity contribution in [3.8, 4) is 11.8 Å². The quantitative estimate of drug-likeness (QED) is 0.835. The fourth-order valence-corrected chi connectivity index (χ4v) is 1.64. The Bertz CT molecular complexity index is 642. The van der Waals surface area contributed by atoms with Crippen molar-refractivity contribution in [2.24, 2.45) is 0 Å². The van der Waals surface area contributed by atoms with Crippen LogP contribution in [0.2, 0.25) is 0 Å². The molecule has 21 heavy (non-hydrogen) atoms. The second kappa shape index (κ2) is 7.71. The SMILES string of the molecule is O=C(NCC#Cc1ccc(F)cc1)NCc1ccccc1. The molecule has 0 spiro atoms. The molecule has 0 atom stereocenters. The van der Waals surface area contributed by atoms with Gasteiger partial charge in [-0.25, -0.2) is 9.18 Å². The number of halogens is 1. The zero-order valence-corrected chi connectivity index (χ0v) is 11.4. The smallest absolute Gasteiger partial charge is 0.315 e. The number of carbonyl (C=O) groups is 1. The van der Waals surface area contributed by atoms with Gasteiger partial charge in [0, 0.05) is 12.1 Å². The Morgan fingerprint density at radius 3 is 2.43 bits per heavy atom. The molecule has 0 saturated heterocycles. The third-order valence-electron chi connectivity index (χ3n) is 2.71. The molecule has 2 rings (SSSR count). The molecule has 0 aliphatic rings. The minimum Gasteiger partial charge on any atom is -0.334 e. The highest BCUT2D eigenvalue weighted by atomic mass is 19.1. The van der Waals surface area contributed by atoms with E-state index < -0.39 is 0 Å². The lowest BCUT2D eigenvalue weighted by molar-refractivity contribution is 0.241. The summed E-state index contributed by atoms with van der Waals surface area (Å²) in [6.07, 6.45) is 0. The summed E-state index contributed by atoms with van der Waals surface area (Å²) < 4.78 is 12.7. The normalized spacial score (nSPS) is 9.38. The van der Waals surface area contributed by atoms with E-state index in [1.165, 1.54) is 12.1 Å². The molecular weight excluding hydrogens is 267 g/mol. The van der Waals surface area contributed by atoms with Gasteiger partial charge in [0.2, 0.25) is 0 Å². The van der Waals surface area contributed by atoms with E-state index in [0.29, 0.717) is 12.1 Å². The number of hydrogen-bond acceptors (Lipinski definition) is 1. The van der Waals surface area contributed by atoms with Crippen molar-refractivity contribution in [3.63, 3.8) is 0 Å². The van der Waals surface area contributed by atoms with Crippen LogP contribution in [0.4, 0.5) is 9.18 Å². The van der Waals surface area contributed by atoms with Crippen LogP contribution in [0, 0.1) is 17.7 Å². The summed E-state index contributed by atoms with van der Waals surface area (Å²) in [5.41, 5.74) is 1.74. The van der Waals surface area contributed by atoms with E-state index >= 15 is 0 Å². The molecule has 0 unspecified atom stereocenters. The molecule has 0 radical (unpaired) electrons. The van der Waals surface area contributed by atoms with Crippen LogP contribution in [-0.4, -0.2) is 12.6 Å². The van der Waals surface area contributed by atoms with Crippen LogP contribution in [0.15, 0.2) is 54.6 Å². The highest BCUT2D eigenvalue weighted by molar-refractivity contribution is 5.74. The van der Waals surface area contributed by atoms with E-state index in [4.69, 9.17) is 0 Å². The molecule has 0 saturated carbocycles. The molecule has 3 nitrogen and oxygen atoms in total. The predicted molar refractivity (Wildman–Crippen MR) is 80.0 cm³/mol. The van der Waals surface area contributed by atoms with E-state index in [9.17, 15) is 9.18 Å². The van der Waals surface area contributed by atoms with Crippen molar-refractivity contribution >= 4 is 6.03 Å². The van der Waals surface area contributed by atoms with Gasteiger partial charge in [-0.2, -0.15) is 0 Å². The van der Waals surface area contributed by atoms with Crippen LogP contribution in [0.3, 0.4) is 0 Å². The van der Waals surface area contributed by atoms with Gasteiger partial charge in [0.1, 0.15) is 5.82 Å². The van der Waals surface area contributed by atoms with Crippen molar-refractivity contribution < 1.29 is 9.18 Å². The average molecular weight is 282 g/mol. The van der Waals surface area contributed by atoms with E-state index in [2.05, 4.69) is 22.5 Å². The molecule has 0 aliphatic heterocycles. The molecule has 4 heteroatoms. The third kappa shape index (κ3) is 5.37. The zero-order chi connectivity index (χ0) is 14.9. The molecule has 2 N–H and O–H groups in total. The molecule has 106 valence electrons. The maximum Gasteiger partial charge on any atom is 0.315 e. The molecule has 2 amide bonds. The molecule has 0 fully saturated rings. The number of carbonyl (C=O) groups excluding carboxylic acids is 1. The Labute approximate surface area is 123 Å². The summed E-state index contributed by atoms with van der Waals surface area (Å²) >= 11 is 0. The molecule has 0 heterocycles. The van der Waals surface area contributed by atoms with Gasteiger partial charge in [0.05, 0.1) is 6.54 Å². The fraction of sp³-hybridized carbons (Fsp3) is 0.118. The standard InChI is InChI=1S/C17H15FN2O/c18-16-10-8-14(9-11-16)7-4-12-19-17(21)20-13-15-5-2-1-3-6-15/h1-3,5-6,8-11H,12-13H2,(H2,19,20,21). The van der Waals surface area contributed by atoms with Crippen LogP contribution in [0.1, 0.15) is 11.1 Å². The minimum atomic E-state index is -0.293. The largest absolute Gasteiger partial charge is 0.334 e. The number of hydrogen-bond donors (Lipinski definition) is 2. The summed E-state index contributed by atoms with van der Waals surface area (Å²) in [6.45, 7) is 0.704. The summed E-state index contributed by atoms with van der Waals surface area (Å²) in [7, 11) is 0. The second-order valence-electron chi connectivity index (χ2n) is 4.33. The summed E-state index contributed by atoms with van der Waals surface area (Å²) in [6, 6.07) is 15.3. The van der Waals surface area contributed by atoms with E-state index in [-0.39, 0.29) is 18.4 Å². The van der Waals surface area contributed by atoms with Crippen molar-refractivity contribution in [2.45, 2.75) is 6.54 Å². The van der Waals surface area contributed by atoms with Crippen molar-refractivity contribution in [2.75, 3.05) is 6.54 Å². The van der Waals surface area contributed by atoms with Crippen LogP contribution < -0.4 is 10.6 Å². The van der Waals surface area contributed by atoms with Gasteiger partial charge < -0.3 is 10.6 Å². The van der Waals surface area contributed by atoms with Crippen LogP contribution in [0.5, 0.6) is 0 Å². The van der Waals surface area contributed by atoms with Gasteiger partial charge in [-0.3, -0.25) is 0 Å². The molecule has 0 bridgehead atoms. The molecule has 2 aromatic carbocycles. The first-order valence-electron chi connectivity index (χ1n) is 6.54. The highest BCUT2D eigenvalue weighted by Crippen LogP contribution is 2.00. The topological polar surface area (TPSA) is 41.1 Å². The summed E-state index contributed by atoms with van der Waals surface area (Å²) in [5, 5.41) is 5.37. The first-order chi connectivity index (χ1) is 10.2. The van der Waals surface area contributed by atoms with E-state index in [1.54, 1.807) is 12.1 Å². The summed E-state index contributed by atoms with van der Waals surface area (Å²) in [5.74, 6) is 5.36. The monoisotopic (exact) mass is 282 g/mol. The molecule has 0 aromatic heterocycles. The van der Waals surface area contributed by atoms with Crippen LogP contribution in [-0.2, 0) is 6.54 Å². The molecule has 2 aromatic rings. The Hall–Kier alpha value is -2.80. The fourth-order valence-electron chi connectivity index (χ4n) is 1.64. The van der Waals surface area contributed by atoms with Gasteiger partial charge in [0.15, 0.2) is 0 Å². The lowest BCUT2D eigenvalue weighted by Crippen LogP contribution is -2.35. The summed E-state index contributed by atoms with van der Waals surface area (Å²) in [4.78, 5) is 11.5. The Balaban J connectivity index is 1.71. The minimum absolute atomic E-state index is 0.234.